The Morgan fingerprint density at radius 2 is 2.04 bits per heavy atom. The number of benzene rings is 1. The van der Waals surface area contributed by atoms with E-state index in [4.69, 9.17) is 14.9 Å². The Bertz CT molecular complexity index is 1090. The molecule has 0 amide bonds. The minimum absolute atomic E-state index is 0.00944. The average molecular weight is 319 g/mol. The van der Waals surface area contributed by atoms with Crippen LogP contribution in [-0.4, -0.2) is 4.57 Å². The number of para-hydroxylation sites is 1. The number of pyridine rings is 1. The second kappa shape index (κ2) is 5.03. The van der Waals surface area contributed by atoms with Gasteiger partial charge in [-0.25, -0.2) is 0 Å². The molecule has 2 N–H and O–H groups in total. The maximum Gasteiger partial charge on any atom is 0.258 e. The van der Waals surface area contributed by atoms with Gasteiger partial charge in [-0.15, -0.1) is 0 Å². The quantitative estimate of drug-likeness (QED) is 0.743. The summed E-state index contributed by atoms with van der Waals surface area (Å²) >= 11 is 0. The van der Waals surface area contributed by atoms with Gasteiger partial charge in [0.15, 0.2) is 0 Å². The van der Waals surface area contributed by atoms with E-state index in [-0.39, 0.29) is 17.0 Å². The van der Waals surface area contributed by atoms with Crippen molar-refractivity contribution in [1.82, 2.24) is 4.57 Å². The van der Waals surface area contributed by atoms with E-state index in [1.807, 2.05) is 30.3 Å². The number of allylic oxidation sites excluding steroid dienone is 1. The monoisotopic (exact) mass is 319 g/mol. The molecule has 0 saturated carbocycles. The second-order valence-corrected chi connectivity index (χ2v) is 5.56. The van der Waals surface area contributed by atoms with E-state index in [1.165, 1.54) is 6.26 Å². The Hall–Kier alpha value is -3.46. The number of ether oxygens (including phenoxy) is 1. The number of furan rings is 1. The van der Waals surface area contributed by atoms with E-state index in [1.54, 1.807) is 23.7 Å². The molecule has 24 heavy (non-hydrogen) atoms. The van der Waals surface area contributed by atoms with E-state index in [9.17, 15) is 10.1 Å². The number of nitriles is 1. The van der Waals surface area contributed by atoms with Crippen LogP contribution in [0.15, 0.2) is 63.3 Å². The highest BCUT2D eigenvalue weighted by molar-refractivity contribution is 5.88. The van der Waals surface area contributed by atoms with Crippen LogP contribution in [0.4, 0.5) is 0 Å². The van der Waals surface area contributed by atoms with Gasteiger partial charge in [0.2, 0.25) is 5.88 Å². The number of rotatable bonds is 1. The smallest absolute Gasteiger partial charge is 0.258 e. The zero-order chi connectivity index (χ0) is 16.8. The molecule has 1 unspecified atom stereocenters. The predicted octanol–water partition coefficient (Wildman–Crippen LogP) is 2.35. The van der Waals surface area contributed by atoms with Gasteiger partial charge in [-0.2, -0.15) is 5.26 Å². The number of nitrogens with zero attached hydrogens (tertiary/aromatic N) is 2. The summed E-state index contributed by atoms with van der Waals surface area (Å²) in [6, 6.07) is 12.9. The van der Waals surface area contributed by atoms with Crippen molar-refractivity contribution in [3.05, 3.63) is 75.8 Å². The van der Waals surface area contributed by atoms with Crippen molar-refractivity contribution in [3.8, 4) is 11.8 Å². The molecule has 1 aliphatic heterocycles. The van der Waals surface area contributed by atoms with Gasteiger partial charge in [-0.05, 0) is 24.3 Å². The number of nitrogens with two attached hydrogens (primary N) is 1. The van der Waals surface area contributed by atoms with E-state index < -0.39 is 5.92 Å². The van der Waals surface area contributed by atoms with E-state index in [0.29, 0.717) is 17.1 Å². The summed E-state index contributed by atoms with van der Waals surface area (Å²) in [5.41, 5.74) is 6.98. The first-order valence-electron chi connectivity index (χ1n) is 7.36. The fourth-order valence-corrected chi connectivity index (χ4v) is 3.17. The molecule has 0 spiro atoms. The first-order chi connectivity index (χ1) is 11.6. The number of fused-ring (bicyclic) bond motifs is 3. The minimum atomic E-state index is -0.683. The molecule has 0 bridgehead atoms. The fourth-order valence-electron chi connectivity index (χ4n) is 3.17. The van der Waals surface area contributed by atoms with Crippen LogP contribution in [0.1, 0.15) is 17.2 Å². The van der Waals surface area contributed by atoms with Gasteiger partial charge < -0.3 is 19.5 Å². The normalized spacial score (nSPS) is 16.6. The minimum Gasteiger partial charge on any atom is -0.468 e. The van der Waals surface area contributed by atoms with Crippen molar-refractivity contribution in [1.29, 1.82) is 5.26 Å². The molecule has 0 saturated heterocycles. The predicted molar refractivity (Wildman–Crippen MR) is 87.2 cm³/mol. The number of hydrogen-bond donors (Lipinski definition) is 1. The summed E-state index contributed by atoms with van der Waals surface area (Å²) in [5, 5.41) is 10.3. The zero-order valence-electron chi connectivity index (χ0n) is 12.8. The molecular formula is C18H13N3O3. The maximum absolute atomic E-state index is 13.0. The summed E-state index contributed by atoms with van der Waals surface area (Å²) < 4.78 is 12.7. The van der Waals surface area contributed by atoms with Crippen LogP contribution < -0.4 is 16.0 Å². The van der Waals surface area contributed by atoms with Gasteiger partial charge in [-0.1, -0.05) is 12.1 Å². The van der Waals surface area contributed by atoms with Crippen LogP contribution in [0.2, 0.25) is 0 Å². The molecule has 3 heterocycles. The zero-order valence-corrected chi connectivity index (χ0v) is 12.8. The molecule has 2 aromatic heterocycles. The van der Waals surface area contributed by atoms with Crippen LogP contribution in [0.5, 0.6) is 5.75 Å². The summed E-state index contributed by atoms with van der Waals surface area (Å²) in [6.07, 6.45) is 1.50. The molecule has 0 radical (unpaired) electrons. The molecule has 4 rings (SSSR count). The van der Waals surface area contributed by atoms with Gasteiger partial charge in [0, 0.05) is 12.4 Å². The summed E-state index contributed by atoms with van der Waals surface area (Å²) in [5.74, 6) is 0.167. The highest BCUT2D eigenvalue weighted by Gasteiger charge is 2.36. The number of hydrogen-bond acceptors (Lipinski definition) is 5. The van der Waals surface area contributed by atoms with Crippen molar-refractivity contribution in [3.63, 3.8) is 0 Å². The SMILES string of the molecule is Cn1c(=O)c2c(c3ccccc31)OC(N)=C(C#N)C2c1ccco1. The Labute approximate surface area is 137 Å². The Kier molecular flexibility index (Phi) is 2.97. The third-order valence-electron chi connectivity index (χ3n) is 4.29. The molecule has 6 nitrogen and oxygen atoms in total. The fraction of sp³-hybridized carbons (Fsp3) is 0.111. The third kappa shape index (κ3) is 1.78. The van der Waals surface area contributed by atoms with Crippen molar-refractivity contribution in [2.75, 3.05) is 0 Å². The van der Waals surface area contributed by atoms with Crippen molar-refractivity contribution in [2.45, 2.75) is 5.92 Å². The Balaban J connectivity index is 2.16. The summed E-state index contributed by atoms with van der Waals surface area (Å²) in [6.45, 7) is 0. The van der Waals surface area contributed by atoms with E-state index >= 15 is 0 Å². The molecule has 3 aromatic rings. The summed E-state index contributed by atoms with van der Waals surface area (Å²) in [4.78, 5) is 13.0. The summed E-state index contributed by atoms with van der Waals surface area (Å²) in [7, 11) is 1.69. The highest BCUT2D eigenvalue weighted by Crippen LogP contribution is 2.43. The van der Waals surface area contributed by atoms with Gasteiger partial charge >= 0.3 is 0 Å². The second-order valence-electron chi connectivity index (χ2n) is 5.56. The Morgan fingerprint density at radius 1 is 1.25 bits per heavy atom. The van der Waals surface area contributed by atoms with Gasteiger partial charge in [0.1, 0.15) is 23.2 Å². The lowest BCUT2D eigenvalue weighted by Crippen LogP contribution is -2.30. The molecule has 1 atom stereocenters. The third-order valence-corrected chi connectivity index (χ3v) is 4.29. The molecule has 1 aliphatic rings. The van der Waals surface area contributed by atoms with Crippen molar-refractivity contribution >= 4 is 10.9 Å². The van der Waals surface area contributed by atoms with Crippen LogP contribution in [0, 0.1) is 11.3 Å². The maximum atomic E-state index is 13.0. The number of aryl methyl sites for hydroxylation is 1. The van der Waals surface area contributed by atoms with Gasteiger partial charge in [-0.3, -0.25) is 4.79 Å². The first-order valence-corrected chi connectivity index (χ1v) is 7.36. The van der Waals surface area contributed by atoms with Crippen LogP contribution in [0.25, 0.3) is 10.9 Å². The van der Waals surface area contributed by atoms with Crippen molar-refractivity contribution in [2.24, 2.45) is 12.8 Å². The lowest BCUT2D eigenvalue weighted by Gasteiger charge is -2.26. The van der Waals surface area contributed by atoms with Crippen LogP contribution in [-0.2, 0) is 7.05 Å². The van der Waals surface area contributed by atoms with Crippen LogP contribution >= 0.6 is 0 Å². The largest absolute Gasteiger partial charge is 0.468 e. The molecule has 118 valence electrons. The molecule has 1 aromatic carbocycles. The topological polar surface area (TPSA) is 94.2 Å². The van der Waals surface area contributed by atoms with E-state index in [0.717, 1.165) is 10.9 Å². The standard InChI is InChI=1S/C18H13N3O3/c1-21-12-6-3-2-5-10(12)16-15(18(21)22)14(13-7-4-8-23-13)11(9-19)17(20)24-16/h2-8,14H,20H2,1H3. The average Bonchev–Trinajstić information content (AvgIpc) is 3.13. The Morgan fingerprint density at radius 3 is 2.75 bits per heavy atom. The molecule has 0 fully saturated rings. The molecular weight excluding hydrogens is 306 g/mol. The lowest BCUT2D eigenvalue weighted by atomic mass is 9.87. The van der Waals surface area contributed by atoms with Crippen LogP contribution in [0.3, 0.4) is 0 Å². The van der Waals surface area contributed by atoms with Gasteiger partial charge in [0.25, 0.3) is 5.56 Å². The first kappa shape index (κ1) is 14.2. The van der Waals surface area contributed by atoms with Gasteiger partial charge in [0.05, 0.1) is 23.3 Å². The number of aromatic nitrogens is 1. The van der Waals surface area contributed by atoms with E-state index in [2.05, 4.69) is 0 Å². The lowest BCUT2D eigenvalue weighted by molar-refractivity contribution is 0.385. The highest BCUT2D eigenvalue weighted by atomic mass is 16.5. The molecule has 0 aliphatic carbocycles. The molecule has 6 heteroatoms. The van der Waals surface area contributed by atoms with Crippen molar-refractivity contribution < 1.29 is 9.15 Å².